The smallest absolute Gasteiger partial charge is 0.227 e. The molecule has 60 valence electrons. The van der Waals surface area contributed by atoms with Gasteiger partial charge in [-0.25, -0.2) is 6.57 Å². The molecule has 2 heteroatoms. The van der Waals surface area contributed by atoms with Gasteiger partial charge in [0.05, 0.1) is 6.07 Å². The van der Waals surface area contributed by atoms with Crippen LogP contribution in [0.4, 0.5) is 0 Å². The standard InChI is InChI=1S/C9H14N2/c1-8(5-6-10)7-9(2,3)11-4/h8H,5,7H2,1-3H3. The van der Waals surface area contributed by atoms with Gasteiger partial charge in [-0.15, -0.1) is 0 Å². The second-order valence-electron chi connectivity index (χ2n) is 3.60. The van der Waals surface area contributed by atoms with E-state index in [4.69, 9.17) is 11.8 Å². The fraction of sp³-hybridized carbons (Fsp3) is 0.778. The molecule has 0 amide bonds. The summed E-state index contributed by atoms with van der Waals surface area (Å²) in [5.41, 5.74) is -0.295. The molecule has 0 aliphatic carbocycles. The predicted molar refractivity (Wildman–Crippen MR) is 44.7 cm³/mol. The topological polar surface area (TPSA) is 28.1 Å². The Morgan fingerprint density at radius 2 is 2.18 bits per heavy atom. The van der Waals surface area contributed by atoms with E-state index in [1.165, 1.54) is 0 Å². The van der Waals surface area contributed by atoms with Gasteiger partial charge >= 0.3 is 0 Å². The summed E-state index contributed by atoms with van der Waals surface area (Å²) in [7, 11) is 0. The third-order valence-corrected chi connectivity index (χ3v) is 1.59. The average molecular weight is 150 g/mol. The highest BCUT2D eigenvalue weighted by Crippen LogP contribution is 2.21. The molecular weight excluding hydrogens is 136 g/mol. The first-order valence-electron chi connectivity index (χ1n) is 3.77. The Morgan fingerprint density at radius 1 is 1.64 bits per heavy atom. The van der Waals surface area contributed by atoms with Crippen LogP contribution in [0, 0.1) is 23.8 Å². The lowest BCUT2D eigenvalue weighted by atomic mass is 9.91. The summed E-state index contributed by atoms with van der Waals surface area (Å²) in [6, 6.07) is 2.11. The van der Waals surface area contributed by atoms with Gasteiger partial charge in [0, 0.05) is 26.7 Å². The Labute approximate surface area is 68.7 Å². The van der Waals surface area contributed by atoms with E-state index in [2.05, 4.69) is 10.9 Å². The minimum absolute atomic E-state index is 0.295. The Bertz CT molecular complexity index is 193. The summed E-state index contributed by atoms with van der Waals surface area (Å²) in [4.78, 5) is 3.48. The molecule has 0 bridgehead atoms. The van der Waals surface area contributed by atoms with Gasteiger partial charge < -0.3 is 4.85 Å². The van der Waals surface area contributed by atoms with Crippen molar-refractivity contribution in [2.45, 2.75) is 39.2 Å². The summed E-state index contributed by atoms with van der Waals surface area (Å²) in [5.74, 6) is 0.337. The van der Waals surface area contributed by atoms with Crippen LogP contribution < -0.4 is 0 Å². The van der Waals surface area contributed by atoms with Gasteiger partial charge in [-0.2, -0.15) is 5.26 Å². The molecule has 0 heterocycles. The first-order valence-corrected chi connectivity index (χ1v) is 3.77. The number of nitrogens with zero attached hydrogens (tertiary/aromatic N) is 2. The summed E-state index contributed by atoms with van der Waals surface area (Å²) in [6.07, 6.45) is 1.36. The lowest BCUT2D eigenvalue weighted by Crippen LogP contribution is -2.17. The second-order valence-corrected chi connectivity index (χ2v) is 3.60. The molecule has 0 rings (SSSR count). The molecule has 0 aromatic heterocycles. The normalized spacial score (nSPS) is 13.2. The van der Waals surface area contributed by atoms with Crippen LogP contribution in [0.2, 0.25) is 0 Å². The zero-order valence-electron chi connectivity index (χ0n) is 7.39. The number of nitriles is 1. The molecule has 0 saturated carbocycles. The third kappa shape index (κ3) is 4.39. The Balaban J connectivity index is 3.88. The van der Waals surface area contributed by atoms with Crippen LogP contribution in [0.3, 0.4) is 0 Å². The van der Waals surface area contributed by atoms with Crippen LogP contribution in [-0.2, 0) is 0 Å². The monoisotopic (exact) mass is 150 g/mol. The van der Waals surface area contributed by atoms with Crippen LogP contribution in [-0.4, -0.2) is 5.54 Å². The number of hydrogen-bond acceptors (Lipinski definition) is 1. The zero-order valence-corrected chi connectivity index (χ0v) is 7.39. The highest BCUT2D eigenvalue weighted by Gasteiger charge is 2.25. The summed E-state index contributed by atoms with van der Waals surface area (Å²) in [5, 5.41) is 8.38. The molecule has 0 aliphatic heterocycles. The fourth-order valence-corrected chi connectivity index (χ4v) is 1.13. The Kier molecular flexibility index (Phi) is 3.61. The van der Waals surface area contributed by atoms with Crippen molar-refractivity contribution in [1.82, 2.24) is 0 Å². The van der Waals surface area contributed by atoms with E-state index >= 15 is 0 Å². The lowest BCUT2D eigenvalue weighted by Gasteiger charge is -2.14. The Morgan fingerprint density at radius 3 is 2.55 bits per heavy atom. The zero-order chi connectivity index (χ0) is 8.91. The molecule has 0 saturated heterocycles. The molecule has 0 radical (unpaired) electrons. The average Bonchev–Trinajstić information content (AvgIpc) is 1.87. The molecule has 0 aliphatic rings. The molecule has 2 nitrogen and oxygen atoms in total. The number of rotatable bonds is 3. The first kappa shape index (κ1) is 9.98. The van der Waals surface area contributed by atoms with E-state index in [1.54, 1.807) is 0 Å². The summed E-state index contributed by atoms with van der Waals surface area (Å²) >= 11 is 0. The molecule has 0 fully saturated rings. The summed E-state index contributed by atoms with van der Waals surface area (Å²) < 4.78 is 0. The minimum Gasteiger partial charge on any atom is -0.311 e. The maximum atomic E-state index is 8.38. The van der Waals surface area contributed by atoms with E-state index < -0.39 is 0 Å². The van der Waals surface area contributed by atoms with Crippen molar-refractivity contribution in [2.75, 3.05) is 0 Å². The largest absolute Gasteiger partial charge is 0.311 e. The van der Waals surface area contributed by atoms with Gasteiger partial charge in [-0.1, -0.05) is 6.92 Å². The Hall–Kier alpha value is -1.02. The van der Waals surface area contributed by atoms with E-state index in [1.807, 2.05) is 20.8 Å². The van der Waals surface area contributed by atoms with Crippen molar-refractivity contribution in [3.05, 3.63) is 11.4 Å². The number of hydrogen-bond donors (Lipinski definition) is 0. The second kappa shape index (κ2) is 3.98. The van der Waals surface area contributed by atoms with Crippen molar-refractivity contribution in [2.24, 2.45) is 5.92 Å². The van der Waals surface area contributed by atoms with Crippen molar-refractivity contribution in [3.8, 4) is 6.07 Å². The minimum atomic E-state index is -0.295. The van der Waals surface area contributed by atoms with Crippen molar-refractivity contribution in [1.29, 1.82) is 5.26 Å². The van der Waals surface area contributed by atoms with Crippen LogP contribution in [0.1, 0.15) is 33.6 Å². The highest BCUT2D eigenvalue weighted by atomic mass is 14.8. The molecule has 11 heavy (non-hydrogen) atoms. The van der Waals surface area contributed by atoms with Gasteiger partial charge in [0.25, 0.3) is 0 Å². The molecular formula is C9H14N2. The van der Waals surface area contributed by atoms with E-state index in [0.717, 1.165) is 6.42 Å². The molecule has 0 spiro atoms. The van der Waals surface area contributed by atoms with Gasteiger partial charge in [0.1, 0.15) is 0 Å². The van der Waals surface area contributed by atoms with Gasteiger partial charge in [-0.05, 0) is 5.92 Å². The molecule has 1 atom stereocenters. The first-order chi connectivity index (χ1) is 5.02. The highest BCUT2D eigenvalue weighted by molar-refractivity contribution is 4.92. The maximum absolute atomic E-state index is 8.38. The van der Waals surface area contributed by atoms with Crippen molar-refractivity contribution in [3.63, 3.8) is 0 Å². The lowest BCUT2D eigenvalue weighted by molar-refractivity contribution is 0.432. The van der Waals surface area contributed by atoms with E-state index in [9.17, 15) is 0 Å². The predicted octanol–water partition coefficient (Wildman–Crippen LogP) is 2.62. The van der Waals surface area contributed by atoms with Crippen LogP contribution >= 0.6 is 0 Å². The summed E-state index contributed by atoms with van der Waals surface area (Å²) in [6.45, 7) is 12.7. The van der Waals surface area contributed by atoms with Crippen molar-refractivity contribution < 1.29 is 0 Å². The van der Waals surface area contributed by atoms with Gasteiger partial charge in [0.15, 0.2) is 0 Å². The molecule has 0 aromatic rings. The molecule has 1 unspecified atom stereocenters. The van der Waals surface area contributed by atoms with Crippen LogP contribution in [0.25, 0.3) is 4.85 Å². The SMILES string of the molecule is [C-]#[N+]C(C)(C)CC(C)CC#N. The van der Waals surface area contributed by atoms with Crippen LogP contribution in [0.5, 0.6) is 0 Å². The van der Waals surface area contributed by atoms with Crippen LogP contribution in [0.15, 0.2) is 0 Å². The van der Waals surface area contributed by atoms with Crippen molar-refractivity contribution >= 4 is 0 Å². The molecule has 0 N–H and O–H groups in total. The quantitative estimate of drug-likeness (QED) is 0.568. The van der Waals surface area contributed by atoms with Gasteiger partial charge in [-0.3, -0.25) is 0 Å². The van der Waals surface area contributed by atoms with E-state index in [-0.39, 0.29) is 5.54 Å². The molecule has 0 aromatic carbocycles. The van der Waals surface area contributed by atoms with Gasteiger partial charge in [0.2, 0.25) is 5.54 Å². The third-order valence-electron chi connectivity index (χ3n) is 1.59. The fourth-order valence-electron chi connectivity index (χ4n) is 1.13. The van der Waals surface area contributed by atoms with E-state index in [0.29, 0.717) is 12.3 Å². The maximum Gasteiger partial charge on any atom is 0.227 e.